The average molecular weight is 281 g/mol. The van der Waals surface area contributed by atoms with E-state index in [0.717, 1.165) is 0 Å². The molecule has 0 aliphatic carbocycles. The first kappa shape index (κ1) is 13.0. The Morgan fingerprint density at radius 3 is 3.10 bits per heavy atom. The lowest BCUT2D eigenvalue weighted by Crippen LogP contribution is -2.24. The summed E-state index contributed by atoms with van der Waals surface area (Å²) in [4.78, 5) is 22.6. The Balaban J connectivity index is 2.05. The van der Waals surface area contributed by atoms with E-state index in [0.29, 0.717) is 18.0 Å². The Morgan fingerprint density at radius 2 is 2.45 bits per heavy atom. The van der Waals surface area contributed by atoms with Gasteiger partial charge in [0.15, 0.2) is 11.2 Å². The number of aromatic nitrogens is 4. The predicted octanol–water partition coefficient (Wildman–Crippen LogP) is -1.20. The Bertz CT molecular complexity index is 681. The number of aliphatic hydroxyl groups excluding tert-OH is 2. The number of hydrogen-bond donors (Lipinski definition) is 4. The maximum absolute atomic E-state index is 11.8. The van der Waals surface area contributed by atoms with E-state index >= 15 is 0 Å². The highest BCUT2D eigenvalue weighted by atomic mass is 16.5. The minimum Gasteiger partial charge on any atom is -0.394 e. The van der Waals surface area contributed by atoms with Gasteiger partial charge in [-0.1, -0.05) is 0 Å². The van der Waals surface area contributed by atoms with Crippen molar-refractivity contribution in [3.05, 3.63) is 16.7 Å². The molecule has 4 N–H and O–H groups in total. The molecule has 9 heteroatoms. The molecule has 0 spiro atoms. The highest BCUT2D eigenvalue weighted by Gasteiger charge is 2.35. The number of H-pyrrole nitrogens is 1. The minimum atomic E-state index is -0.756. The van der Waals surface area contributed by atoms with Crippen LogP contribution in [0, 0.1) is 0 Å². The molecular weight excluding hydrogens is 266 g/mol. The SMILES string of the molecule is CNc1nc2c(ncn2[C@H]2C[C@H](O)[C@@H](CO)O2)c(=O)[nH]1. The minimum absolute atomic E-state index is 0.203. The molecule has 1 aliphatic heterocycles. The van der Waals surface area contributed by atoms with E-state index in [2.05, 4.69) is 20.3 Å². The van der Waals surface area contributed by atoms with E-state index in [1.807, 2.05) is 0 Å². The molecule has 20 heavy (non-hydrogen) atoms. The number of imidazole rings is 1. The van der Waals surface area contributed by atoms with Crippen molar-refractivity contribution in [1.29, 1.82) is 0 Å². The molecule has 0 amide bonds. The number of ether oxygens (including phenoxy) is 1. The Labute approximate surface area is 113 Å². The van der Waals surface area contributed by atoms with Crippen LogP contribution in [0.15, 0.2) is 11.1 Å². The molecule has 0 saturated carbocycles. The van der Waals surface area contributed by atoms with Crippen molar-refractivity contribution >= 4 is 17.1 Å². The molecule has 9 nitrogen and oxygen atoms in total. The van der Waals surface area contributed by atoms with Crippen LogP contribution in [-0.4, -0.2) is 55.6 Å². The Kier molecular flexibility index (Phi) is 3.16. The van der Waals surface area contributed by atoms with Crippen molar-refractivity contribution in [2.45, 2.75) is 24.9 Å². The van der Waals surface area contributed by atoms with E-state index in [9.17, 15) is 9.90 Å². The summed E-state index contributed by atoms with van der Waals surface area (Å²) in [5.74, 6) is 0.321. The molecule has 3 atom stereocenters. The number of hydrogen-bond acceptors (Lipinski definition) is 7. The zero-order chi connectivity index (χ0) is 14.3. The molecule has 3 heterocycles. The maximum atomic E-state index is 11.8. The summed E-state index contributed by atoms with van der Waals surface area (Å²) in [6.07, 6.45) is -0.147. The van der Waals surface area contributed by atoms with Gasteiger partial charge in [0.05, 0.1) is 19.0 Å². The van der Waals surface area contributed by atoms with Gasteiger partial charge in [-0.05, 0) is 0 Å². The second kappa shape index (κ2) is 4.85. The number of nitrogens with one attached hydrogen (secondary N) is 2. The molecule has 0 bridgehead atoms. The topological polar surface area (TPSA) is 125 Å². The van der Waals surface area contributed by atoms with Crippen LogP contribution in [0.25, 0.3) is 11.2 Å². The van der Waals surface area contributed by atoms with Crippen LogP contribution in [0.3, 0.4) is 0 Å². The van der Waals surface area contributed by atoms with Gasteiger partial charge in [0.25, 0.3) is 5.56 Å². The first-order chi connectivity index (χ1) is 9.63. The van der Waals surface area contributed by atoms with Gasteiger partial charge in [-0.25, -0.2) is 4.98 Å². The van der Waals surface area contributed by atoms with Crippen LogP contribution in [0.1, 0.15) is 12.6 Å². The van der Waals surface area contributed by atoms with Crippen LogP contribution >= 0.6 is 0 Å². The van der Waals surface area contributed by atoms with Crippen molar-refractivity contribution in [3.8, 4) is 0 Å². The molecule has 0 unspecified atom stereocenters. The zero-order valence-corrected chi connectivity index (χ0v) is 10.8. The summed E-state index contributed by atoms with van der Waals surface area (Å²) < 4.78 is 7.13. The fourth-order valence-corrected chi connectivity index (χ4v) is 2.31. The predicted molar refractivity (Wildman–Crippen MR) is 69.3 cm³/mol. The Morgan fingerprint density at radius 1 is 1.65 bits per heavy atom. The number of aliphatic hydroxyl groups is 2. The van der Waals surface area contributed by atoms with E-state index in [4.69, 9.17) is 9.84 Å². The molecule has 3 rings (SSSR count). The van der Waals surface area contributed by atoms with E-state index in [1.165, 1.54) is 6.33 Å². The van der Waals surface area contributed by atoms with Crippen LogP contribution in [-0.2, 0) is 4.74 Å². The third-order valence-corrected chi connectivity index (χ3v) is 3.36. The smallest absolute Gasteiger partial charge is 0.280 e. The van der Waals surface area contributed by atoms with Crippen LogP contribution < -0.4 is 10.9 Å². The van der Waals surface area contributed by atoms with Crippen molar-refractivity contribution in [1.82, 2.24) is 19.5 Å². The van der Waals surface area contributed by atoms with Crippen molar-refractivity contribution < 1.29 is 14.9 Å². The van der Waals surface area contributed by atoms with Crippen LogP contribution in [0.5, 0.6) is 0 Å². The average Bonchev–Trinajstić information content (AvgIpc) is 3.01. The lowest BCUT2D eigenvalue weighted by Gasteiger charge is -2.13. The van der Waals surface area contributed by atoms with E-state index in [-0.39, 0.29) is 17.7 Å². The van der Waals surface area contributed by atoms with E-state index < -0.39 is 18.4 Å². The lowest BCUT2D eigenvalue weighted by molar-refractivity contribution is -0.0432. The molecule has 2 aromatic heterocycles. The summed E-state index contributed by atoms with van der Waals surface area (Å²) in [5, 5.41) is 21.6. The molecule has 1 aliphatic rings. The van der Waals surface area contributed by atoms with Crippen molar-refractivity contribution in [2.75, 3.05) is 19.0 Å². The van der Waals surface area contributed by atoms with Gasteiger partial charge in [0, 0.05) is 13.5 Å². The van der Waals surface area contributed by atoms with Crippen molar-refractivity contribution in [3.63, 3.8) is 0 Å². The van der Waals surface area contributed by atoms with Gasteiger partial charge in [0.2, 0.25) is 5.95 Å². The van der Waals surface area contributed by atoms with Crippen molar-refractivity contribution in [2.24, 2.45) is 0 Å². The van der Waals surface area contributed by atoms with Gasteiger partial charge in [-0.2, -0.15) is 4.98 Å². The molecule has 0 radical (unpaired) electrons. The van der Waals surface area contributed by atoms with Gasteiger partial charge < -0.3 is 20.3 Å². The summed E-state index contributed by atoms with van der Waals surface area (Å²) >= 11 is 0. The maximum Gasteiger partial charge on any atom is 0.280 e. The van der Waals surface area contributed by atoms with Gasteiger partial charge >= 0.3 is 0 Å². The number of anilines is 1. The third-order valence-electron chi connectivity index (χ3n) is 3.36. The largest absolute Gasteiger partial charge is 0.394 e. The van der Waals surface area contributed by atoms with Gasteiger partial charge in [-0.15, -0.1) is 0 Å². The fourth-order valence-electron chi connectivity index (χ4n) is 2.31. The highest BCUT2D eigenvalue weighted by molar-refractivity contribution is 5.70. The molecule has 108 valence electrons. The Hall–Kier alpha value is -1.97. The highest BCUT2D eigenvalue weighted by Crippen LogP contribution is 2.30. The molecule has 1 saturated heterocycles. The summed E-state index contributed by atoms with van der Waals surface area (Å²) in [5.41, 5.74) is 0.221. The normalized spacial score (nSPS) is 26.2. The quantitative estimate of drug-likeness (QED) is 0.557. The van der Waals surface area contributed by atoms with Crippen LogP contribution in [0.4, 0.5) is 5.95 Å². The number of aromatic amines is 1. The van der Waals surface area contributed by atoms with Gasteiger partial charge in [-0.3, -0.25) is 14.3 Å². The van der Waals surface area contributed by atoms with Gasteiger partial charge in [0.1, 0.15) is 12.3 Å². The third kappa shape index (κ3) is 1.96. The molecular formula is C11H15N5O4. The fraction of sp³-hybridized carbons (Fsp3) is 0.545. The second-order valence-corrected chi connectivity index (χ2v) is 4.60. The molecule has 0 aromatic carbocycles. The lowest BCUT2D eigenvalue weighted by atomic mass is 10.2. The van der Waals surface area contributed by atoms with Crippen LogP contribution in [0.2, 0.25) is 0 Å². The molecule has 2 aromatic rings. The summed E-state index contributed by atoms with van der Waals surface area (Å²) in [6.45, 7) is -0.264. The number of nitrogens with zero attached hydrogens (tertiary/aromatic N) is 3. The van der Waals surface area contributed by atoms with E-state index in [1.54, 1.807) is 11.6 Å². The number of fused-ring (bicyclic) bond motifs is 1. The first-order valence-corrected chi connectivity index (χ1v) is 6.23. The number of rotatable bonds is 3. The summed E-state index contributed by atoms with van der Waals surface area (Å²) in [6, 6.07) is 0. The standard InChI is InChI=1S/C11H15N5O4/c1-12-11-14-9-8(10(19)15-11)13-4-16(9)7-2-5(18)6(3-17)20-7/h4-7,17-18H,2-3H2,1H3,(H2,12,14,15,19)/t5-,6+,7+/m0/s1. The first-order valence-electron chi connectivity index (χ1n) is 6.23. The second-order valence-electron chi connectivity index (χ2n) is 4.60. The summed E-state index contributed by atoms with van der Waals surface area (Å²) in [7, 11) is 1.64. The monoisotopic (exact) mass is 281 g/mol. The molecule has 1 fully saturated rings. The zero-order valence-electron chi connectivity index (χ0n) is 10.8.